The molecule has 148 valence electrons. The molecule has 0 saturated heterocycles. The first-order chi connectivity index (χ1) is 13.2. The molecule has 1 aliphatic rings. The van der Waals surface area contributed by atoms with Crippen LogP contribution < -0.4 is 0 Å². The van der Waals surface area contributed by atoms with Crippen LogP contribution in [0.3, 0.4) is 0 Å². The second-order valence-electron chi connectivity index (χ2n) is 7.25. The summed E-state index contributed by atoms with van der Waals surface area (Å²) >= 11 is 0. The van der Waals surface area contributed by atoms with E-state index >= 15 is 0 Å². The zero-order valence-electron chi connectivity index (χ0n) is 16.3. The van der Waals surface area contributed by atoms with E-state index in [0.717, 1.165) is 16.0 Å². The summed E-state index contributed by atoms with van der Waals surface area (Å²) in [4.78, 5) is 26.1. The Balaban J connectivity index is 1.75. The van der Waals surface area contributed by atoms with Gasteiger partial charge in [-0.05, 0) is 38.5 Å². The third-order valence-electron chi connectivity index (χ3n) is 4.81. The summed E-state index contributed by atoms with van der Waals surface area (Å²) in [6, 6.07) is 14.2. The highest BCUT2D eigenvalue weighted by Gasteiger charge is 2.37. The van der Waals surface area contributed by atoms with Crippen LogP contribution in [0.5, 0.6) is 0 Å². The number of benzene rings is 2. The Bertz CT molecular complexity index is 1000. The molecule has 3 rings (SSSR count). The number of fused-ring (bicyclic) bond motifs is 1. The van der Waals surface area contributed by atoms with E-state index < -0.39 is 21.8 Å². The molecule has 7 heteroatoms. The Morgan fingerprint density at radius 1 is 0.964 bits per heavy atom. The van der Waals surface area contributed by atoms with Gasteiger partial charge in [-0.25, -0.2) is 8.42 Å². The fraction of sp³-hybridized carbons (Fsp3) is 0.333. The van der Waals surface area contributed by atoms with Crippen LogP contribution >= 0.6 is 0 Å². The van der Waals surface area contributed by atoms with E-state index in [4.69, 9.17) is 0 Å². The molecular weight excluding hydrogens is 376 g/mol. The summed E-state index contributed by atoms with van der Waals surface area (Å²) in [5.41, 5.74) is 2.43. The first-order valence-electron chi connectivity index (χ1n) is 9.21. The maximum atomic E-state index is 13.0. The van der Waals surface area contributed by atoms with E-state index in [1.807, 2.05) is 51.1 Å². The second-order valence-corrected chi connectivity index (χ2v) is 9.29. The summed E-state index contributed by atoms with van der Waals surface area (Å²) in [5, 5.41) is 0. The van der Waals surface area contributed by atoms with E-state index in [1.165, 1.54) is 4.31 Å². The first kappa shape index (κ1) is 20.2. The largest absolute Gasteiger partial charge is 0.273 e. The van der Waals surface area contributed by atoms with Crippen molar-refractivity contribution < 1.29 is 18.0 Å². The van der Waals surface area contributed by atoms with Crippen LogP contribution in [0, 0.1) is 6.92 Å². The van der Waals surface area contributed by atoms with E-state index in [9.17, 15) is 18.0 Å². The van der Waals surface area contributed by atoms with Gasteiger partial charge in [-0.1, -0.05) is 42.0 Å². The van der Waals surface area contributed by atoms with Gasteiger partial charge in [0.2, 0.25) is 10.0 Å². The molecule has 1 heterocycles. The van der Waals surface area contributed by atoms with Gasteiger partial charge in [-0.15, -0.1) is 0 Å². The molecule has 0 spiro atoms. The molecule has 28 heavy (non-hydrogen) atoms. The van der Waals surface area contributed by atoms with E-state index in [2.05, 4.69) is 0 Å². The van der Waals surface area contributed by atoms with Crippen LogP contribution in [-0.4, -0.2) is 47.8 Å². The summed E-state index contributed by atoms with van der Waals surface area (Å²) in [5.74, 6) is -1.17. The smallest absolute Gasteiger partial charge is 0.261 e. The van der Waals surface area contributed by atoms with Gasteiger partial charge in [-0.3, -0.25) is 14.5 Å². The minimum absolute atomic E-state index is 0.161. The van der Waals surface area contributed by atoms with Crippen molar-refractivity contribution in [2.75, 3.05) is 12.3 Å². The van der Waals surface area contributed by atoms with Gasteiger partial charge in [0.1, 0.15) is 0 Å². The number of amides is 2. The SMILES string of the molecule is Cc1ccc2c(c1)C(=O)N(CCS(=O)(=O)N(Cc1ccccc1)C(C)C)C2=O. The number of hydrogen-bond donors (Lipinski definition) is 0. The number of aryl methyl sites for hydroxylation is 1. The highest BCUT2D eigenvalue weighted by Crippen LogP contribution is 2.24. The average molecular weight is 401 g/mol. The van der Waals surface area contributed by atoms with Crippen molar-refractivity contribution in [1.29, 1.82) is 0 Å². The van der Waals surface area contributed by atoms with E-state index in [1.54, 1.807) is 18.2 Å². The van der Waals surface area contributed by atoms with Crippen LogP contribution in [0.15, 0.2) is 48.5 Å². The molecule has 0 fully saturated rings. The molecule has 0 saturated carbocycles. The molecule has 0 radical (unpaired) electrons. The monoisotopic (exact) mass is 400 g/mol. The van der Waals surface area contributed by atoms with Crippen molar-refractivity contribution in [2.24, 2.45) is 0 Å². The number of nitrogens with zero attached hydrogens (tertiary/aromatic N) is 2. The third-order valence-corrected chi connectivity index (χ3v) is 6.78. The molecule has 2 aromatic rings. The predicted octanol–water partition coefficient (Wildman–Crippen LogP) is 2.83. The van der Waals surface area contributed by atoms with Crippen LogP contribution in [0.4, 0.5) is 0 Å². The van der Waals surface area contributed by atoms with Crippen molar-refractivity contribution in [1.82, 2.24) is 9.21 Å². The quantitative estimate of drug-likeness (QED) is 0.670. The minimum Gasteiger partial charge on any atom is -0.273 e. The lowest BCUT2D eigenvalue weighted by molar-refractivity contribution is 0.0663. The van der Waals surface area contributed by atoms with Crippen LogP contribution in [0.25, 0.3) is 0 Å². The number of carbonyl (C=O) groups excluding carboxylic acids is 2. The van der Waals surface area contributed by atoms with Crippen molar-refractivity contribution in [2.45, 2.75) is 33.4 Å². The number of imide groups is 1. The fourth-order valence-corrected chi connectivity index (χ4v) is 4.93. The van der Waals surface area contributed by atoms with Gasteiger partial charge in [0.15, 0.2) is 0 Å². The van der Waals surface area contributed by atoms with Gasteiger partial charge in [0, 0.05) is 19.1 Å². The lowest BCUT2D eigenvalue weighted by Crippen LogP contribution is -2.42. The molecule has 1 aliphatic heterocycles. The zero-order valence-corrected chi connectivity index (χ0v) is 17.1. The number of sulfonamides is 1. The van der Waals surface area contributed by atoms with Crippen LogP contribution in [-0.2, 0) is 16.6 Å². The molecule has 0 N–H and O–H groups in total. The van der Waals surface area contributed by atoms with Crippen molar-refractivity contribution in [3.05, 3.63) is 70.8 Å². The fourth-order valence-electron chi connectivity index (χ4n) is 3.30. The molecule has 6 nitrogen and oxygen atoms in total. The molecule has 0 aromatic heterocycles. The Morgan fingerprint density at radius 3 is 2.25 bits per heavy atom. The highest BCUT2D eigenvalue weighted by atomic mass is 32.2. The summed E-state index contributed by atoms with van der Waals surface area (Å²) in [6.07, 6.45) is 0. The van der Waals surface area contributed by atoms with Crippen molar-refractivity contribution in [3.63, 3.8) is 0 Å². The third kappa shape index (κ3) is 4.00. The summed E-state index contributed by atoms with van der Waals surface area (Å²) < 4.78 is 27.3. The van der Waals surface area contributed by atoms with Crippen molar-refractivity contribution in [3.8, 4) is 0 Å². The molecule has 0 bridgehead atoms. The maximum absolute atomic E-state index is 13.0. The van der Waals surface area contributed by atoms with Crippen LogP contribution in [0.1, 0.15) is 45.7 Å². The number of hydrogen-bond acceptors (Lipinski definition) is 4. The molecule has 0 unspecified atom stereocenters. The van der Waals surface area contributed by atoms with Gasteiger partial charge in [0.05, 0.1) is 16.9 Å². The summed E-state index contributed by atoms with van der Waals surface area (Å²) in [7, 11) is -3.66. The van der Waals surface area contributed by atoms with E-state index in [-0.39, 0.29) is 24.9 Å². The van der Waals surface area contributed by atoms with Crippen molar-refractivity contribution >= 4 is 21.8 Å². The Labute approximate surface area is 165 Å². The minimum atomic E-state index is -3.66. The lowest BCUT2D eigenvalue weighted by atomic mass is 10.1. The van der Waals surface area contributed by atoms with Gasteiger partial charge < -0.3 is 0 Å². The lowest BCUT2D eigenvalue weighted by Gasteiger charge is -2.27. The molecule has 0 atom stereocenters. The highest BCUT2D eigenvalue weighted by molar-refractivity contribution is 7.89. The zero-order chi connectivity index (χ0) is 20.5. The number of rotatable bonds is 7. The molecule has 2 amide bonds. The summed E-state index contributed by atoms with van der Waals surface area (Å²) in [6.45, 7) is 5.56. The first-order valence-corrected chi connectivity index (χ1v) is 10.8. The standard InChI is InChI=1S/C21H24N2O4S/c1-15(2)23(14-17-7-5-4-6-8-17)28(26,27)12-11-22-20(24)18-10-9-16(3)13-19(18)21(22)25/h4-10,13,15H,11-12,14H2,1-3H3. The van der Waals surface area contributed by atoms with Crippen LogP contribution in [0.2, 0.25) is 0 Å². The molecule has 2 aromatic carbocycles. The normalized spacial score (nSPS) is 14.2. The van der Waals surface area contributed by atoms with E-state index in [0.29, 0.717) is 11.1 Å². The Hall–Kier alpha value is -2.51. The second kappa shape index (κ2) is 7.85. The van der Waals surface area contributed by atoms with Gasteiger partial charge >= 0.3 is 0 Å². The molecular formula is C21H24N2O4S. The Morgan fingerprint density at radius 2 is 1.61 bits per heavy atom. The topological polar surface area (TPSA) is 74.8 Å². The number of carbonyl (C=O) groups is 2. The predicted molar refractivity (Wildman–Crippen MR) is 107 cm³/mol. The molecule has 0 aliphatic carbocycles. The van der Waals surface area contributed by atoms with Gasteiger partial charge in [-0.2, -0.15) is 4.31 Å². The average Bonchev–Trinajstić information content (AvgIpc) is 2.88. The van der Waals surface area contributed by atoms with Gasteiger partial charge in [0.25, 0.3) is 11.8 Å². The Kier molecular flexibility index (Phi) is 5.67. The maximum Gasteiger partial charge on any atom is 0.261 e.